The first-order valence-electron chi connectivity index (χ1n) is 5.86. The van der Waals surface area contributed by atoms with E-state index < -0.39 is 10.8 Å². The molecule has 0 radical (unpaired) electrons. The lowest BCUT2D eigenvalue weighted by Gasteiger charge is -2.05. The summed E-state index contributed by atoms with van der Waals surface area (Å²) in [7, 11) is -1.06. The average Bonchev–Trinajstić information content (AvgIpc) is 2.43. The number of hydrogen-bond donors (Lipinski definition) is 0. The zero-order chi connectivity index (χ0) is 14.5. The van der Waals surface area contributed by atoms with Crippen LogP contribution in [0, 0.1) is 11.3 Å². The maximum atomic E-state index is 12.1. The molecule has 0 heterocycles. The normalized spacial score (nSPS) is 11.8. The van der Waals surface area contributed by atoms with Crippen LogP contribution in [0.3, 0.4) is 0 Å². The molecular weight excluding hydrogens is 313 g/mol. The Kier molecular flexibility index (Phi) is 5.19. The standard InChI is InChI=1S/C15H11Cl2NOS/c16-14-5-2-11(3-6-14)9-20(19)10-13-4-1-12(8-18)7-15(13)17/h1-7H,9-10H2. The van der Waals surface area contributed by atoms with Gasteiger partial charge in [-0.05, 0) is 35.4 Å². The molecule has 102 valence electrons. The van der Waals surface area contributed by atoms with Gasteiger partial charge in [0.05, 0.1) is 17.4 Å². The molecule has 0 saturated carbocycles. The van der Waals surface area contributed by atoms with Gasteiger partial charge in [0.15, 0.2) is 0 Å². The Morgan fingerprint density at radius 2 is 1.75 bits per heavy atom. The van der Waals surface area contributed by atoms with Crippen LogP contribution in [0.15, 0.2) is 42.5 Å². The number of halogens is 2. The second-order valence-corrected chi connectivity index (χ2v) is 6.57. The van der Waals surface area contributed by atoms with Crippen LogP contribution in [-0.2, 0) is 22.3 Å². The van der Waals surface area contributed by atoms with Crippen LogP contribution in [-0.4, -0.2) is 4.21 Å². The largest absolute Gasteiger partial charge is 0.259 e. The van der Waals surface area contributed by atoms with Crippen LogP contribution >= 0.6 is 23.2 Å². The summed E-state index contributed by atoms with van der Waals surface area (Å²) in [6.45, 7) is 0. The molecule has 0 fully saturated rings. The van der Waals surface area contributed by atoms with E-state index in [4.69, 9.17) is 28.5 Å². The number of benzene rings is 2. The molecular formula is C15H11Cl2NOS. The smallest absolute Gasteiger partial charge is 0.0992 e. The molecule has 0 aromatic heterocycles. The molecule has 1 atom stereocenters. The number of nitrogens with zero attached hydrogens (tertiary/aromatic N) is 1. The van der Waals surface area contributed by atoms with Crippen LogP contribution in [0.4, 0.5) is 0 Å². The number of rotatable bonds is 4. The van der Waals surface area contributed by atoms with E-state index in [2.05, 4.69) is 0 Å². The molecule has 0 N–H and O–H groups in total. The van der Waals surface area contributed by atoms with Crippen molar-refractivity contribution in [2.75, 3.05) is 0 Å². The third-order valence-electron chi connectivity index (χ3n) is 2.74. The highest BCUT2D eigenvalue weighted by molar-refractivity contribution is 7.83. The summed E-state index contributed by atoms with van der Waals surface area (Å²) in [5.74, 6) is 0.820. The minimum atomic E-state index is -1.06. The Hall–Kier alpha value is -1.34. The van der Waals surface area contributed by atoms with E-state index in [0.717, 1.165) is 11.1 Å². The van der Waals surface area contributed by atoms with Crippen molar-refractivity contribution in [3.8, 4) is 6.07 Å². The molecule has 0 amide bonds. The molecule has 0 spiro atoms. The third-order valence-corrected chi connectivity index (χ3v) is 4.63. The van der Waals surface area contributed by atoms with Crippen LogP contribution in [0.25, 0.3) is 0 Å². The minimum absolute atomic E-state index is 0.368. The van der Waals surface area contributed by atoms with Crippen molar-refractivity contribution in [2.45, 2.75) is 11.5 Å². The Bertz CT molecular complexity index is 677. The van der Waals surface area contributed by atoms with E-state index >= 15 is 0 Å². The van der Waals surface area contributed by atoms with E-state index in [0.29, 0.717) is 27.1 Å². The summed E-state index contributed by atoms with van der Waals surface area (Å²) < 4.78 is 12.1. The number of hydrogen-bond acceptors (Lipinski definition) is 2. The zero-order valence-electron chi connectivity index (χ0n) is 10.5. The second kappa shape index (κ2) is 6.90. The van der Waals surface area contributed by atoms with E-state index in [1.165, 1.54) is 0 Å². The number of nitriles is 1. The second-order valence-electron chi connectivity index (χ2n) is 4.27. The third kappa shape index (κ3) is 4.08. The van der Waals surface area contributed by atoms with Crippen molar-refractivity contribution in [1.82, 2.24) is 0 Å². The SMILES string of the molecule is N#Cc1ccc(CS(=O)Cc2ccc(Cl)cc2)c(Cl)c1. The molecule has 0 aliphatic carbocycles. The maximum Gasteiger partial charge on any atom is 0.0992 e. The van der Waals surface area contributed by atoms with Crippen LogP contribution in [0.5, 0.6) is 0 Å². The maximum absolute atomic E-state index is 12.1. The fraction of sp³-hybridized carbons (Fsp3) is 0.133. The lowest BCUT2D eigenvalue weighted by molar-refractivity contribution is 0.682. The first-order chi connectivity index (χ1) is 9.58. The van der Waals surface area contributed by atoms with Crippen LogP contribution in [0.2, 0.25) is 10.0 Å². The van der Waals surface area contributed by atoms with Crippen molar-refractivity contribution in [1.29, 1.82) is 5.26 Å². The predicted molar refractivity (Wildman–Crippen MR) is 83.2 cm³/mol. The molecule has 0 bridgehead atoms. The molecule has 0 aliphatic heterocycles. The van der Waals surface area contributed by atoms with E-state index in [-0.39, 0.29) is 0 Å². The Labute approximate surface area is 130 Å². The van der Waals surface area contributed by atoms with Crippen LogP contribution < -0.4 is 0 Å². The summed E-state index contributed by atoms with van der Waals surface area (Å²) in [6, 6.07) is 14.3. The first kappa shape index (κ1) is 15.1. The van der Waals surface area contributed by atoms with Crippen molar-refractivity contribution >= 4 is 34.0 Å². The molecule has 2 aromatic carbocycles. The quantitative estimate of drug-likeness (QED) is 0.841. The van der Waals surface area contributed by atoms with E-state index in [1.807, 2.05) is 18.2 Å². The van der Waals surface area contributed by atoms with Crippen molar-refractivity contribution in [2.24, 2.45) is 0 Å². The van der Waals surface area contributed by atoms with Crippen LogP contribution in [0.1, 0.15) is 16.7 Å². The van der Waals surface area contributed by atoms with Gasteiger partial charge in [-0.2, -0.15) is 5.26 Å². The summed E-state index contributed by atoms with van der Waals surface area (Å²) in [6.07, 6.45) is 0. The molecule has 2 nitrogen and oxygen atoms in total. The average molecular weight is 324 g/mol. The molecule has 1 unspecified atom stereocenters. The van der Waals surface area contributed by atoms with Gasteiger partial charge in [-0.25, -0.2) is 0 Å². The topological polar surface area (TPSA) is 40.9 Å². The lowest BCUT2D eigenvalue weighted by atomic mass is 10.2. The van der Waals surface area contributed by atoms with E-state index in [9.17, 15) is 4.21 Å². The highest BCUT2D eigenvalue weighted by Crippen LogP contribution is 2.20. The summed E-state index contributed by atoms with van der Waals surface area (Å²) in [4.78, 5) is 0. The van der Waals surface area contributed by atoms with Gasteiger partial charge in [0.25, 0.3) is 0 Å². The first-order valence-corrected chi connectivity index (χ1v) is 8.11. The van der Waals surface area contributed by atoms with Gasteiger partial charge in [0.1, 0.15) is 0 Å². The van der Waals surface area contributed by atoms with Gasteiger partial charge < -0.3 is 0 Å². The highest BCUT2D eigenvalue weighted by atomic mass is 35.5. The lowest BCUT2D eigenvalue weighted by Crippen LogP contribution is -2.00. The Balaban J connectivity index is 2.05. The highest BCUT2D eigenvalue weighted by Gasteiger charge is 2.08. The van der Waals surface area contributed by atoms with Gasteiger partial charge in [-0.3, -0.25) is 4.21 Å². The van der Waals surface area contributed by atoms with Gasteiger partial charge in [-0.1, -0.05) is 41.4 Å². The van der Waals surface area contributed by atoms with Crippen molar-refractivity contribution < 1.29 is 4.21 Å². The fourth-order valence-electron chi connectivity index (χ4n) is 1.72. The minimum Gasteiger partial charge on any atom is -0.259 e. The van der Waals surface area contributed by atoms with Gasteiger partial charge in [0.2, 0.25) is 0 Å². The van der Waals surface area contributed by atoms with Gasteiger partial charge in [0, 0.05) is 26.6 Å². The fourth-order valence-corrected chi connectivity index (χ4v) is 3.44. The van der Waals surface area contributed by atoms with Gasteiger partial charge >= 0.3 is 0 Å². The molecule has 0 saturated heterocycles. The zero-order valence-corrected chi connectivity index (χ0v) is 12.8. The molecule has 20 heavy (non-hydrogen) atoms. The summed E-state index contributed by atoms with van der Waals surface area (Å²) in [5, 5.41) is 9.91. The van der Waals surface area contributed by atoms with Gasteiger partial charge in [-0.15, -0.1) is 0 Å². The summed E-state index contributed by atoms with van der Waals surface area (Å²) >= 11 is 11.9. The Morgan fingerprint density at radius 3 is 2.35 bits per heavy atom. The van der Waals surface area contributed by atoms with Crippen molar-refractivity contribution in [3.05, 3.63) is 69.2 Å². The molecule has 5 heteroatoms. The molecule has 2 rings (SSSR count). The predicted octanol–water partition coefficient (Wildman–Crippen LogP) is 4.31. The Morgan fingerprint density at radius 1 is 1.05 bits per heavy atom. The molecule has 0 aliphatic rings. The monoisotopic (exact) mass is 323 g/mol. The van der Waals surface area contributed by atoms with E-state index in [1.54, 1.807) is 30.3 Å². The van der Waals surface area contributed by atoms with Crippen molar-refractivity contribution in [3.63, 3.8) is 0 Å². The summed E-state index contributed by atoms with van der Waals surface area (Å²) in [5.41, 5.74) is 2.26. The molecule has 2 aromatic rings.